The number of anilines is 1. The minimum absolute atomic E-state index is 0.0453. The Hall–Kier alpha value is -3.29. The van der Waals surface area contributed by atoms with Crippen LogP contribution in [-0.2, 0) is 11.0 Å². The second-order valence-corrected chi connectivity index (χ2v) is 7.12. The summed E-state index contributed by atoms with van der Waals surface area (Å²) in [5.74, 6) is -0.784. The molecule has 0 spiro atoms. The second-order valence-electron chi connectivity index (χ2n) is 7.12. The first-order chi connectivity index (χ1) is 13.0. The van der Waals surface area contributed by atoms with Crippen molar-refractivity contribution in [1.82, 2.24) is 9.80 Å². The van der Waals surface area contributed by atoms with Crippen molar-refractivity contribution in [1.29, 1.82) is 5.26 Å². The molecule has 3 aliphatic rings. The largest absolute Gasteiger partial charge is 0.465 e. The predicted octanol–water partition coefficient (Wildman–Crippen LogP) is 2.24. The number of alkyl halides is 3. The van der Waals surface area contributed by atoms with E-state index < -0.39 is 53.0 Å². The van der Waals surface area contributed by atoms with Crippen LogP contribution in [0.25, 0.3) is 0 Å². The van der Waals surface area contributed by atoms with E-state index in [2.05, 4.69) is 0 Å². The van der Waals surface area contributed by atoms with Crippen molar-refractivity contribution < 1.29 is 32.7 Å². The maximum Gasteiger partial charge on any atom is 0.417 e. The molecule has 4 rings (SSSR count). The molecule has 0 unspecified atom stereocenters. The summed E-state index contributed by atoms with van der Waals surface area (Å²) in [6.45, 7) is 1.48. The number of nitriles is 1. The van der Waals surface area contributed by atoms with Crippen LogP contribution in [0.5, 0.6) is 0 Å². The Kier molecular flexibility index (Phi) is 3.47. The molecule has 3 saturated heterocycles. The minimum atomic E-state index is -4.84. The van der Waals surface area contributed by atoms with Gasteiger partial charge in [0, 0.05) is 6.54 Å². The number of likely N-dealkylation sites (tertiary alicyclic amines) is 1. The first-order valence-electron chi connectivity index (χ1n) is 8.30. The van der Waals surface area contributed by atoms with Crippen molar-refractivity contribution in [2.24, 2.45) is 0 Å². The molecule has 3 fully saturated rings. The van der Waals surface area contributed by atoms with E-state index in [0.29, 0.717) is 17.4 Å². The van der Waals surface area contributed by atoms with Crippen LogP contribution in [0.15, 0.2) is 18.2 Å². The number of piperazine rings is 1. The van der Waals surface area contributed by atoms with Crippen LogP contribution in [-0.4, -0.2) is 57.1 Å². The fourth-order valence-electron chi connectivity index (χ4n) is 4.54. The number of benzene rings is 1. The highest BCUT2D eigenvalue weighted by Gasteiger charge is 2.70. The van der Waals surface area contributed by atoms with E-state index in [1.165, 1.54) is 17.9 Å². The topological polar surface area (TPSA) is 105 Å². The van der Waals surface area contributed by atoms with Gasteiger partial charge in [0.1, 0.15) is 5.54 Å². The number of carboxylic acid groups (broad SMARTS) is 1. The lowest BCUT2D eigenvalue weighted by molar-refractivity contribution is -0.137. The Morgan fingerprint density at radius 2 is 2.04 bits per heavy atom. The average Bonchev–Trinajstić information content (AvgIpc) is 3.23. The molecule has 1 N–H and O–H groups in total. The average molecular weight is 394 g/mol. The van der Waals surface area contributed by atoms with Crippen LogP contribution in [0.4, 0.5) is 28.4 Å². The molecule has 3 atom stereocenters. The van der Waals surface area contributed by atoms with Gasteiger partial charge in [0.25, 0.3) is 5.91 Å². The highest BCUT2D eigenvalue weighted by molar-refractivity contribution is 6.24. The zero-order valence-electron chi connectivity index (χ0n) is 14.4. The third-order valence-electron chi connectivity index (χ3n) is 5.76. The van der Waals surface area contributed by atoms with Crippen LogP contribution in [0.3, 0.4) is 0 Å². The van der Waals surface area contributed by atoms with Gasteiger partial charge in [0.15, 0.2) is 0 Å². The van der Waals surface area contributed by atoms with Gasteiger partial charge < -0.3 is 14.9 Å². The first-order valence-corrected chi connectivity index (χ1v) is 8.30. The van der Waals surface area contributed by atoms with Gasteiger partial charge in [-0.05, 0) is 31.5 Å². The quantitative estimate of drug-likeness (QED) is 0.736. The Balaban J connectivity index is 1.79. The lowest BCUT2D eigenvalue weighted by Crippen LogP contribution is -2.62. The predicted molar refractivity (Wildman–Crippen MR) is 86.2 cm³/mol. The molecule has 4 amide bonds. The van der Waals surface area contributed by atoms with Crippen LogP contribution in [0.1, 0.15) is 24.5 Å². The molecule has 146 valence electrons. The number of rotatable bonds is 1. The SMILES string of the molecule is C[C@@]12C(=O)N(c3ccc(C#N)c(C(F)(F)F)c3)C(=O)N1[C@H]1C[C@@H]2N(C(=O)O)C1. The van der Waals surface area contributed by atoms with E-state index in [0.717, 1.165) is 17.0 Å². The number of nitrogens with zero attached hydrogens (tertiary/aromatic N) is 4. The van der Waals surface area contributed by atoms with Crippen molar-refractivity contribution in [3.8, 4) is 6.07 Å². The van der Waals surface area contributed by atoms with Crippen molar-refractivity contribution >= 4 is 23.7 Å². The number of hydrogen-bond donors (Lipinski definition) is 1. The molecule has 1 aromatic carbocycles. The number of fused-ring (bicyclic) bond motifs is 5. The van der Waals surface area contributed by atoms with Crippen molar-refractivity contribution in [3.05, 3.63) is 29.3 Å². The summed E-state index contributed by atoms with van der Waals surface area (Å²) in [5.41, 5.74) is -3.66. The number of urea groups is 1. The van der Waals surface area contributed by atoms with Crippen LogP contribution in [0.2, 0.25) is 0 Å². The second kappa shape index (κ2) is 5.37. The lowest BCUT2D eigenvalue weighted by atomic mass is 9.92. The summed E-state index contributed by atoms with van der Waals surface area (Å²) >= 11 is 0. The maximum atomic E-state index is 13.3. The lowest BCUT2D eigenvalue weighted by Gasteiger charge is -2.40. The van der Waals surface area contributed by atoms with Gasteiger partial charge in [0.05, 0.1) is 35.0 Å². The smallest absolute Gasteiger partial charge is 0.417 e. The molecule has 8 nitrogen and oxygen atoms in total. The number of halogens is 3. The van der Waals surface area contributed by atoms with Crippen LogP contribution >= 0.6 is 0 Å². The van der Waals surface area contributed by atoms with Crippen LogP contribution < -0.4 is 4.90 Å². The number of carbonyl (C=O) groups excluding carboxylic acids is 2. The van der Waals surface area contributed by atoms with Gasteiger partial charge in [0.2, 0.25) is 0 Å². The van der Waals surface area contributed by atoms with Crippen LogP contribution in [0, 0.1) is 11.3 Å². The molecule has 0 aromatic heterocycles. The summed E-state index contributed by atoms with van der Waals surface area (Å²) in [6.07, 6.45) is -5.76. The van der Waals surface area contributed by atoms with E-state index in [1.54, 1.807) is 0 Å². The highest BCUT2D eigenvalue weighted by Crippen LogP contribution is 2.49. The molecule has 0 saturated carbocycles. The first kappa shape index (κ1) is 18.1. The summed E-state index contributed by atoms with van der Waals surface area (Å²) < 4.78 is 39.8. The van der Waals surface area contributed by atoms with Gasteiger partial charge in [-0.15, -0.1) is 0 Å². The van der Waals surface area contributed by atoms with Gasteiger partial charge in [-0.2, -0.15) is 18.4 Å². The van der Waals surface area contributed by atoms with Crippen molar-refractivity contribution in [2.75, 3.05) is 11.4 Å². The Morgan fingerprint density at radius 1 is 1.36 bits per heavy atom. The number of carbonyl (C=O) groups is 3. The highest BCUT2D eigenvalue weighted by atomic mass is 19.4. The van der Waals surface area contributed by atoms with E-state index in [-0.39, 0.29) is 12.2 Å². The maximum absolute atomic E-state index is 13.3. The third-order valence-corrected chi connectivity index (χ3v) is 5.76. The summed E-state index contributed by atoms with van der Waals surface area (Å²) in [4.78, 5) is 40.4. The molecule has 3 aliphatic heterocycles. The minimum Gasteiger partial charge on any atom is -0.465 e. The molecular formula is C17H13F3N4O4. The standard InChI is InChI=1S/C17H13F3N4O4/c1-16-12-5-10(7-22(12)15(27)28)24(16)14(26)23(13(16)25)9-3-2-8(6-21)11(4-9)17(18,19)20/h2-4,10,12H,5,7H2,1H3,(H,27,28)/t10-,12-,16+/m0/s1. The van der Waals surface area contributed by atoms with Crippen molar-refractivity contribution in [3.63, 3.8) is 0 Å². The van der Waals surface area contributed by atoms with E-state index in [4.69, 9.17) is 5.26 Å². The summed E-state index contributed by atoms with van der Waals surface area (Å²) in [6, 6.07) is 1.97. The monoisotopic (exact) mass is 394 g/mol. The van der Waals surface area contributed by atoms with Gasteiger partial charge in [-0.1, -0.05) is 0 Å². The molecule has 3 heterocycles. The Morgan fingerprint density at radius 3 is 2.61 bits per heavy atom. The molecule has 0 radical (unpaired) electrons. The van der Waals surface area contributed by atoms with E-state index in [1.807, 2.05) is 0 Å². The third kappa shape index (κ3) is 2.08. The zero-order chi connectivity index (χ0) is 20.6. The van der Waals surface area contributed by atoms with Gasteiger partial charge >= 0.3 is 18.3 Å². The molecular weight excluding hydrogens is 381 g/mol. The fourth-order valence-corrected chi connectivity index (χ4v) is 4.54. The van der Waals surface area contributed by atoms with Crippen molar-refractivity contribution in [2.45, 2.75) is 37.1 Å². The number of imide groups is 1. The van der Waals surface area contributed by atoms with E-state index in [9.17, 15) is 32.7 Å². The fraction of sp³-hybridized carbons (Fsp3) is 0.412. The van der Waals surface area contributed by atoms with Gasteiger partial charge in [-0.25, -0.2) is 14.5 Å². The Bertz CT molecular complexity index is 972. The molecule has 1 aromatic rings. The molecule has 2 bridgehead atoms. The zero-order valence-corrected chi connectivity index (χ0v) is 14.4. The molecule has 0 aliphatic carbocycles. The molecule has 11 heteroatoms. The summed E-state index contributed by atoms with van der Waals surface area (Å²) in [7, 11) is 0. The number of hydrogen-bond acceptors (Lipinski definition) is 4. The summed E-state index contributed by atoms with van der Waals surface area (Å²) in [5, 5.41) is 18.2. The van der Waals surface area contributed by atoms with Gasteiger partial charge in [-0.3, -0.25) is 4.79 Å². The van der Waals surface area contributed by atoms with E-state index >= 15 is 0 Å². The number of amides is 4. The Labute approximate surface area is 156 Å². The normalized spacial score (nSPS) is 28.8. The molecule has 28 heavy (non-hydrogen) atoms.